The molecule has 0 spiro atoms. The number of imidazole rings is 1. The van der Waals surface area contributed by atoms with Gasteiger partial charge in [0.25, 0.3) is 0 Å². The van der Waals surface area contributed by atoms with Crippen molar-refractivity contribution in [3.63, 3.8) is 0 Å². The lowest BCUT2D eigenvalue weighted by molar-refractivity contribution is 0.0992. The minimum atomic E-state index is 0.112. The fraction of sp³-hybridized carbons (Fsp3) is 0.143. The lowest BCUT2D eigenvalue weighted by Gasteiger charge is -1.99. The van der Waals surface area contributed by atoms with E-state index in [-0.39, 0.29) is 5.78 Å². The van der Waals surface area contributed by atoms with Gasteiger partial charge in [-0.25, -0.2) is 4.98 Å². The Labute approximate surface area is 109 Å². The lowest BCUT2D eigenvalue weighted by Crippen LogP contribution is -2.03. The molecule has 4 heteroatoms. The molecule has 2 heterocycles. The molecule has 3 nitrogen and oxygen atoms in total. The van der Waals surface area contributed by atoms with E-state index in [0.717, 1.165) is 21.8 Å². The largest absolute Gasteiger partial charge is 0.297 e. The second kappa shape index (κ2) is 4.38. The van der Waals surface area contributed by atoms with Crippen LogP contribution in [0.4, 0.5) is 0 Å². The van der Waals surface area contributed by atoms with Crippen LogP contribution in [0.25, 0.3) is 4.96 Å². The minimum absolute atomic E-state index is 0.112. The first-order valence-electron chi connectivity index (χ1n) is 5.73. The van der Waals surface area contributed by atoms with Gasteiger partial charge in [-0.2, -0.15) is 0 Å². The summed E-state index contributed by atoms with van der Waals surface area (Å²) in [6.45, 7) is 2.01. The number of carbonyl (C=O) groups is 1. The number of aromatic nitrogens is 2. The molecular formula is C14H12N2OS. The highest BCUT2D eigenvalue weighted by Crippen LogP contribution is 2.13. The summed E-state index contributed by atoms with van der Waals surface area (Å²) in [6.07, 6.45) is 4.22. The second-order valence-corrected chi connectivity index (χ2v) is 5.16. The normalized spacial score (nSPS) is 10.9. The Morgan fingerprint density at radius 2 is 2.11 bits per heavy atom. The SMILES string of the molecule is Cc1ccc(C(=O)Cc2cn3ccsc3n2)cc1. The van der Waals surface area contributed by atoms with E-state index in [2.05, 4.69) is 4.98 Å². The van der Waals surface area contributed by atoms with Gasteiger partial charge in [0.05, 0.1) is 12.1 Å². The Balaban J connectivity index is 1.82. The van der Waals surface area contributed by atoms with Gasteiger partial charge >= 0.3 is 0 Å². The predicted molar refractivity (Wildman–Crippen MR) is 72.3 cm³/mol. The summed E-state index contributed by atoms with van der Waals surface area (Å²) < 4.78 is 1.95. The average Bonchev–Trinajstić information content (AvgIpc) is 2.90. The molecule has 0 aliphatic carbocycles. The van der Waals surface area contributed by atoms with Crippen LogP contribution < -0.4 is 0 Å². The molecule has 90 valence electrons. The molecule has 0 atom stereocenters. The fourth-order valence-corrected chi connectivity index (χ4v) is 2.59. The third-order valence-corrected chi connectivity index (χ3v) is 3.63. The summed E-state index contributed by atoms with van der Waals surface area (Å²) in [7, 11) is 0. The number of Topliss-reactive ketones (excluding diaryl/α,β-unsaturated/α-hetero) is 1. The van der Waals surface area contributed by atoms with E-state index in [4.69, 9.17) is 0 Å². The number of aryl methyl sites for hydroxylation is 1. The second-order valence-electron chi connectivity index (χ2n) is 4.29. The molecule has 3 rings (SSSR count). The molecule has 0 saturated carbocycles. The molecule has 0 amide bonds. The van der Waals surface area contributed by atoms with Crippen LogP contribution in [0.5, 0.6) is 0 Å². The molecule has 0 bridgehead atoms. The zero-order valence-electron chi connectivity index (χ0n) is 9.96. The van der Waals surface area contributed by atoms with Crippen LogP contribution in [0.2, 0.25) is 0 Å². The summed E-state index contributed by atoms with van der Waals surface area (Å²) in [5, 5.41) is 1.98. The maximum Gasteiger partial charge on any atom is 0.193 e. The highest BCUT2D eigenvalue weighted by molar-refractivity contribution is 7.15. The Bertz CT molecular complexity index is 665. The van der Waals surface area contributed by atoms with Gasteiger partial charge in [-0.15, -0.1) is 11.3 Å². The molecule has 0 fully saturated rings. The van der Waals surface area contributed by atoms with Crippen LogP contribution in [0.1, 0.15) is 21.6 Å². The predicted octanol–water partition coefficient (Wildman–Crippen LogP) is 3.13. The Hall–Kier alpha value is -1.94. The zero-order chi connectivity index (χ0) is 12.5. The van der Waals surface area contributed by atoms with Gasteiger partial charge in [0, 0.05) is 23.3 Å². The molecule has 1 aromatic carbocycles. The number of hydrogen-bond donors (Lipinski definition) is 0. The van der Waals surface area contributed by atoms with Crippen molar-refractivity contribution in [1.29, 1.82) is 0 Å². The smallest absolute Gasteiger partial charge is 0.193 e. The van der Waals surface area contributed by atoms with Gasteiger partial charge in [-0.05, 0) is 6.92 Å². The van der Waals surface area contributed by atoms with Crippen molar-refractivity contribution < 1.29 is 4.79 Å². The first kappa shape index (κ1) is 11.2. The molecule has 0 N–H and O–H groups in total. The van der Waals surface area contributed by atoms with Crippen molar-refractivity contribution in [2.24, 2.45) is 0 Å². The fourth-order valence-electron chi connectivity index (χ4n) is 1.87. The van der Waals surface area contributed by atoms with Gasteiger partial charge in [0.15, 0.2) is 10.7 Å². The van der Waals surface area contributed by atoms with Crippen LogP contribution in [-0.2, 0) is 6.42 Å². The van der Waals surface area contributed by atoms with E-state index >= 15 is 0 Å². The quantitative estimate of drug-likeness (QED) is 0.675. The van der Waals surface area contributed by atoms with Gasteiger partial charge in [0.2, 0.25) is 0 Å². The van der Waals surface area contributed by atoms with Crippen LogP contribution in [0.3, 0.4) is 0 Å². The Morgan fingerprint density at radius 1 is 1.33 bits per heavy atom. The number of nitrogens with zero attached hydrogens (tertiary/aromatic N) is 2. The molecule has 0 saturated heterocycles. The Morgan fingerprint density at radius 3 is 2.83 bits per heavy atom. The molecule has 0 radical (unpaired) electrons. The van der Waals surface area contributed by atoms with Crippen molar-refractivity contribution in [1.82, 2.24) is 9.38 Å². The van der Waals surface area contributed by atoms with E-state index in [1.165, 1.54) is 0 Å². The maximum atomic E-state index is 12.1. The van der Waals surface area contributed by atoms with Crippen LogP contribution in [0.15, 0.2) is 42.0 Å². The first-order chi connectivity index (χ1) is 8.72. The van der Waals surface area contributed by atoms with Crippen LogP contribution in [0, 0.1) is 6.92 Å². The van der Waals surface area contributed by atoms with Crippen molar-refractivity contribution in [2.45, 2.75) is 13.3 Å². The lowest BCUT2D eigenvalue weighted by atomic mass is 10.1. The minimum Gasteiger partial charge on any atom is -0.297 e. The molecular weight excluding hydrogens is 244 g/mol. The van der Waals surface area contributed by atoms with Crippen molar-refractivity contribution >= 4 is 22.1 Å². The van der Waals surface area contributed by atoms with Gasteiger partial charge in [0.1, 0.15) is 0 Å². The van der Waals surface area contributed by atoms with E-state index in [9.17, 15) is 4.79 Å². The molecule has 2 aromatic heterocycles. The van der Waals surface area contributed by atoms with E-state index in [0.29, 0.717) is 6.42 Å². The van der Waals surface area contributed by atoms with Gasteiger partial charge < -0.3 is 0 Å². The summed E-state index contributed by atoms with van der Waals surface area (Å²) in [5.41, 5.74) is 2.73. The van der Waals surface area contributed by atoms with Crippen LogP contribution >= 0.6 is 11.3 Å². The van der Waals surface area contributed by atoms with Crippen molar-refractivity contribution in [2.75, 3.05) is 0 Å². The molecule has 0 aliphatic heterocycles. The number of fused-ring (bicyclic) bond motifs is 1. The maximum absolute atomic E-state index is 12.1. The molecule has 18 heavy (non-hydrogen) atoms. The van der Waals surface area contributed by atoms with Crippen LogP contribution in [-0.4, -0.2) is 15.2 Å². The average molecular weight is 256 g/mol. The van der Waals surface area contributed by atoms with Crippen molar-refractivity contribution in [3.8, 4) is 0 Å². The molecule has 0 aliphatic rings. The van der Waals surface area contributed by atoms with Gasteiger partial charge in [-0.1, -0.05) is 29.8 Å². The summed E-state index contributed by atoms with van der Waals surface area (Å²) in [6, 6.07) is 7.66. The highest BCUT2D eigenvalue weighted by atomic mass is 32.1. The topological polar surface area (TPSA) is 34.4 Å². The molecule has 0 unspecified atom stereocenters. The third-order valence-electron chi connectivity index (χ3n) is 2.86. The number of rotatable bonds is 3. The summed E-state index contributed by atoms with van der Waals surface area (Å²) in [5.74, 6) is 0.112. The molecule has 3 aromatic rings. The number of hydrogen-bond acceptors (Lipinski definition) is 3. The third kappa shape index (κ3) is 2.07. The van der Waals surface area contributed by atoms with E-state index < -0.39 is 0 Å². The number of benzene rings is 1. The zero-order valence-corrected chi connectivity index (χ0v) is 10.8. The first-order valence-corrected chi connectivity index (χ1v) is 6.61. The van der Waals surface area contributed by atoms with E-state index in [1.54, 1.807) is 11.3 Å². The monoisotopic (exact) mass is 256 g/mol. The highest BCUT2D eigenvalue weighted by Gasteiger charge is 2.10. The number of ketones is 1. The van der Waals surface area contributed by atoms with E-state index in [1.807, 2.05) is 53.4 Å². The van der Waals surface area contributed by atoms with Gasteiger partial charge in [-0.3, -0.25) is 9.20 Å². The number of carbonyl (C=O) groups excluding carboxylic acids is 1. The summed E-state index contributed by atoms with van der Waals surface area (Å²) in [4.78, 5) is 17.4. The Kier molecular flexibility index (Phi) is 2.72. The standard InChI is InChI=1S/C14H12N2OS/c1-10-2-4-11(5-3-10)13(17)8-12-9-16-6-7-18-14(16)15-12/h2-7,9H,8H2,1H3. The van der Waals surface area contributed by atoms with Crippen molar-refractivity contribution in [3.05, 3.63) is 58.9 Å². The number of thiazole rings is 1. The summed E-state index contributed by atoms with van der Waals surface area (Å²) >= 11 is 1.57.